The number of aliphatic carboxylic acids is 1. The lowest BCUT2D eigenvalue weighted by Crippen LogP contribution is -2.48. The summed E-state index contributed by atoms with van der Waals surface area (Å²) in [6, 6.07) is -0.251. The molecule has 0 aliphatic carbocycles. The summed E-state index contributed by atoms with van der Waals surface area (Å²) in [6.07, 6.45) is 2.36. The molecule has 19 heavy (non-hydrogen) atoms. The van der Waals surface area contributed by atoms with Crippen molar-refractivity contribution in [2.24, 2.45) is 0 Å². The van der Waals surface area contributed by atoms with Gasteiger partial charge in [-0.3, -0.25) is 4.79 Å². The molecule has 0 saturated heterocycles. The molecule has 1 N–H and O–H groups in total. The molecule has 0 unspecified atom stereocenters. The van der Waals surface area contributed by atoms with Crippen LogP contribution in [0.15, 0.2) is 6.33 Å². The molecule has 8 nitrogen and oxygen atoms in total. The lowest BCUT2D eigenvalue weighted by molar-refractivity contribution is -0.137. The zero-order chi connectivity index (χ0) is 13.8. The van der Waals surface area contributed by atoms with E-state index < -0.39 is 5.97 Å². The maximum Gasteiger partial charge on any atom is 0.323 e. The molecule has 1 aliphatic rings. The minimum absolute atomic E-state index is 0.251. The zero-order valence-electron chi connectivity index (χ0n) is 10.8. The van der Waals surface area contributed by atoms with Crippen molar-refractivity contribution >= 4 is 12.0 Å². The molecule has 0 radical (unpaired) electrons. The van der Waals surface area contributed by atoms with E-state index in [-0.39, 0.29) is 12.6 Å². The number of fused-ring (bicyclic) bond motifs is 1. The summed E-state index contributed by atoms with van der Waals surface area (Å²) < 4.78 is 1.89. The van der Waals surface area contributed by atoms with Gasteiger partial charge in [-0.1, -0.05) is 6.92 Å². The number of urea groups is 1. The van der Waals surface area contributed by atoms with Crippen LogP contribution in [0.4, 0.5) is 4.79 Å². The number of amides is 2. The predicted molar refractivity (Wildman–Crippen MR) is 65.3 cm³/mol. The SMILES string of the molecule is CCCN(CC(=O)O)C(=O)N1CCn2cnnc2C1. The number of hydrogen-bond acceptors (Lipinski definition) is 4. The molecule has 0 aromatic carbocycles. The van der Waals surface area contributed by atoms with Gasteiger partial charge >= 0.3 is 12.0 Å². The highest BCUT2D eigenvalue weighted by Gasteiger charge is 2.26. The van der Waals surface area contributed by atoms with Crippen LogP contribution in [0.25, 0.3) is 0 Å². The Balaban J connectivity index is 2.04. The van der Waals surface area contributed by atoms with E-state index in [1.165, 1.54) is 4.90 Å². The Kier molecular flexibility index (Phi) is 3.98. The van der Waals surface area contributed by atoms with Crippen LogP contribution in [0.2, 0.25) is 0 Å². The molecule has 0 spiro atoms. The summed E-state index contributed by atoms with van der Waals surface area (Å²) in [5.41, 5.74) is 0. The van der Waals surface area contributed by atoms with Crippen molar-refractivity contribution in [2.75, 3.05) is 19.6 Å². The number of aromatic nitrogens is 3. The molecule has 2 amide bonds. The minimum atomic E-state index is -0.998. The Morgan fingerprint density at radius 1 is 1.47 bits per heavy atom. The first-order valence-corrected chi connectivity index (χ1v) is 6.24. The molecular formula is C11H17N5O3. The quantitative estimate of drug-likeness (QED) is 0.829. The largest absolute Gasteiger partial charge is 0.480 e. The third kappa shape index (κ3) is 3.01. The maximum absolute atomic E-state index is 12.3. The van der Waals surface area contributed by atoms with E-state index in [1.807, 2.05) is 11.5 Å². The van der Waals surface area contributed by atoms with E-state index in [9.17, 15) is 9.59 Å². The Labute approximate surface area is 110 Å². The first-order valence-electron chi connectivity index (χ1n) is 6.24. The van der Waals surface area contributed by atoms with Crippen LogP contribution in [0.5, 0.6) is 0 Å². The fraction of sp³-hybridized carbons (Fsp3) is 0.636. The molecule has 0 fully saturated rings. The van der Waals surface area contributed by atoms with Gasteiger partial charge in [-0.05, 0) is 6.42 Å². The molecule has 2 rings (SSSR count). The average molecular weight is 267 g/mol. The molecular weight excluding hydrogens is 250 g/mol. The second kappa shape index (κ2) is 5.68. The zero-order valence-corrected chi connectivity index (χ0v) is 10.8. The standard InChI is InChI=1S/C11H17N5O3/c1-2-3-14(7-10(17)18)11(19)15-4-5-16-8-12-13-9(16)6-15/h8H,2-7H2,1H3,(H,17,18). The lowest BCUT2D eigenvalue weighted by Gasteiger charge is -2.32. The maximum atomic E-state index is 12.3. The number of carboxylic acids is 1. The summed E-state index contributed by atoms with van der Waals surface area (Å²) in [6.45, 7) is 3.64. The van der Waals surface area contributed by atoms with Crippen LogP contribution in [0.3, 0.4) is 0 Å². The van der Waals surface area contributed by atoms with Gasteiger partial charge < -0.3 is 19.5 Å². The van der Waals surface area contributed by atoms with E-state index in [4.69, 9.17) is 5.11 Å². The normalized spacial score (nSPS) is 14.1. The molecule has 1 aliphatic heterocycles. The molecule has 0 atom stereocenters. The minimum Gasteiger partial charge on any atom is -0.480 e. The third-order valence-corrected chi connectivity index (χ3v) is 3.00. The van der Waals surface area contributed by atoms with Crippen LogP contribution in [-0.2, 0) is 17.9 Å². The Morgan fingerprint density at radius 2 is 2.26 bits per heavy atom. The van der Waals surface area contributed by atoms with Gasteiger partial charge in [0.15, 0.2) is 5.82 Å². The van der Waals surface area contributed by atoms with Crippen LogP contribution in [0.1, 0.15) is 19.2 Å². The van der Waals surface area contributed by atoms with Crippen LogP contribution in [-0.4, -0.2) is 61.3 Å². The van der Waals surface area contributed by atoms with Crippen molar-refractivity contribution in [3.8, 4) is 0 Å². The van der Waals surface area contributed by atoms with Crippen molar-refractivity contribution in [3.63, 3.8) is 0 Å². The van der Waals surface area contributed by atoms with E-state index in [1.54, 1.807) is 11.2 Å². The van der Waals surface area contributed by atoms with Gasteiger partial charge in [0.1, 0.15) is 12.9 Å². The van der Waals surface area contributed by atoms with E-state index in [0.29, 0.717) is 26.2 Å². The van der Waals surface area contributed by atoms with Gasteiger partial charge in [0.25, 0.3) is 0 Å². The fourth-order valence-corrected chi connectivity index (χ4v) is 2.11. The fourth-order valence-electron chi connectivity index (χ4n) is 2.11. The van der Waals surface area contributed by atoms with Crippen LogP contribution < -0.4 is 0 Å². The van der Waals surface area contributed by atoms with Gasteiger partial charge in [-0.15, -0.1) is 10.2 Å². The molecule has 1 aromatic heterocycles. The van der Waals surface area contributed by atoms with Crippen LogP contribution in [0, 0.1) is 0 Å². The number of carboxylic acid groups (broad SMARTS) is 1. The van der Waals surface area contributed by atoms with Gasteiger partial charge in [0, 0.05) is 19.6 Å². The van der Waals surface area contributed by atoms with Crippen LogP contribution >= 0.6 is 0 Å². The summed E-state index contributed by atoms with van der Waals surface area (Å²) in [5.74, 6) is -0.270. The highest BCUT2D eigenvalue weighted by Crippen LogP contribution is 2.11. The molecule has 104 valence electrons. The average Bonchev–Trinajstić information content (AvgIpc) is 2.84. The lowest BCUT2D eigenvalue weighted by atomic mass is 10.3. The number of nitrogens with zero attached hydrogens (tertiary/aromatic N) is 5. The molecule has 0 saturated carbocycles. The van der Waals surface area contributed by atoms with Crippen molar-refractivity contribution in [1.29, 1.82) is 0 Å². The smallest absolute Gasteiger partial charge is 0.323 e. The Bertz CT molecular complexity index is 473. The summed E-state index contributed by atoms with van der Waals surface area (Å²) in [5, 5.41) is 16.6. The van der Waals surface area contributed by atoms with Gasteiger partial charge in [0.2, 0.25) is 0 Å². The van der Waals surface area contributed by atoms with Gasteiger partial charge in [-0.2, -0.15) is 0 Å². The number of hydrogen-bond donors (Lipinski definition) is 1. The second-order valence-corrected chi connectivity index (χ2v) is 4.46. The Hall–Kier alpha value is -2.12. The van der Waals surface area contributed by atoms with E-state index in [0.717, 1.165) is 12.2 Å². The summed E-state index contributed by atoms with van der Waals surface area (Å²) in [7, 11) is 0. The van der Waals surface area contributed by atoms with Gasteiger partial charge in [0.05, 0.1) is 6.54 Å². The predicted octanol–water partition coefficient (Wildman–Crippen LogP) is 0.0103. The van der Waals surface area contributed by atoms with Crippen molar-refractivity contribution in [2.45, 2.75) is 26.4 Å². The molecule has 1 aromatic rings. The monoisotopic (exact) mass is 267 g/mol. The van der Waals surface area contributed by atoms with Crippen molar-refractivity contribution < 1.29 is 14.7 Å². The first-order chi connectivity index (χ1) is 9.11. The molecule has 2 heterocycles. The highest BCUT2D eigenvalue weighted by atomic mass is 16.4. The number of carbonyl (C=O) groups is 2. The number of rotatable bonds is 4. The first kappa shape index (κ1) is 13.3. The second-order valence-electron chi connectivity index (χ2n) is 4.46. The number of carbonyl (C=O) groups excluding carboxylic acids is 1. The van der Waals surface area contributed by atoms with E-state index in [2.05, 4.69) is 10.2 Å². The topological polar surface area (TPSA) is 91.6 Å². The third-order valence-electron chi connectivity index (χ3n) is 3.00. The molecule has 8 heteroatoms. The van der Waals surface area contributed by atoms with Gasteiger partial charge in [-0.25, -0.2) is 4.79 Å². The molecule has 0 bridgehead atoms. The summed E-state index contributed by atoms with van der Waals surface area (Å²) in [4.78, 5) is 26.0. The van der Waals surface area contributed by atoms with E-state index >= 15 is 0 Å². The highest BCUT2D eigenvalue weighted by molar-refractivity contribution is 5.80. The Morgan fingerprint density at radius 3 is 2.95 bits per heavy atom. The van der Waals surface area contributed by atoms with Crippen molar-refractivity contribution in [1.82, 2.24) is 24.6 Å². The van der Waals surface area contributed by atoms with Crippen molar-refractivity contribution in [3.05, 3.63) is 12.2 Å². The summed E-state index contributed by atoms with van der Waals surface area (Å²) >= 11 is 0.